The van der Waals surface area contributed by atoms with Gasteiger partial charge in [0.2, 0.25) is 6.10 Å². The molecule has 0 N–H and O–H groups in total. The largest absolute Gasteiger partial charge is 0.482 e. The Labute approximate surface area is 151 Å². The van der Waals surface area contributed by atoms with E-state index >= 15 is 0 Å². The second-order valence-corrected chi connectivity index (χ2v) is 7.23. The summed E-state index contributed by atoms with van der Waals surface area (Å²) in [6.45, 7) is 6.80. The van der Waals surface area contributed by atoms with Gasteiger partial charge in [-0.25, -0.2) is 4.98 Å². The molecule has 1 aromatic heterocycles. The molecule has 2 aliphatic heterocycles. The molecular weight excluding hydrogens is 338 g/mol. The molecule has 1 saturated heterocycles. The highest BCUT2D eigenvalue weighted by molar-refractivity contribution is 7.13. The van der Waals surface area contributed by atoms with Crippen molar-refractivity contribution in [3.05, 3.63) is 35.3 Å². The molecule has 0 spiro atoms. The Kier molecular flexibility index (Phi) is 4.25. The van der Waals surface area contributed by atoms with Crippen LogP contribution in [0.25, 0.3) is 0 Å². The summed E-state index contributed by atoms with van der Waals surface area (Å²) < 4.78 is 11.8. The summed E-state index contributed by atoms with van der Waals surface area (Å²) in [5.74, 6) is 1.33. The van der Waals surface area contributed by atoms with Crippen LogP contribution in [0.15, 0.2) is 29.6 Å². The van der Waals surface area contributed by atoms with E-state index < -0.39 is 6.10 Å². The van der Waals surface area contributed by atoms with E-state index in [-0.39, 0.29) is 12.0 Å². The third kappa shape index (κ3) is 3.16. The van der Waals surface area contributed by atoms with Crippen LogP contribution in [0.3, 0.4) is 0 Å². The summed E-state index contributed by atoms with van der Waals surface area (Å²) in [6.07, 6.45) is -0.898. The smallest absolute Gasteiger partial charge is 0.267 e. The van der Waals surface area contributed by atoms with Crippen molar-refractivity contribution in [3.63, 3.8) is 0 Å². The number of amides is 1. The van der Waals surface area contributed by atoms with Gasteiger partial charge in [0.15, 0.2) is 16.6 Å². The maximum Gasteiger partial charge on any atom is 0.267 e. The van der Waals surface area contributed by atoms with Crippen molar-refractivity contribution in [3.8, 4) is 11.5 Å². The van der Waals surface area contributed by atoms with Gasteiger partial charge in [-0.15, -0.1) is 11.3 Å². The summed E-state index contributed by atoms with van der Waals surface area (Å²) in [5, 5.41) is 3.09. The van der Waals surface area contributed by atoms with Crippen LogP contribution in [0.4, 0.5) is 5.13 Å². The van der Waals surface area contributed by atoms with Gasteiger partial charge in [-0.2, -0.15) is 0 Å². The van der Waals surface area contributed by atoms with E-state index in [9.17, 15) is 4.79 Å². The minimum atomic E-state index is -0.594. The molecule has 2 aliphatic rings. The summed E-state index contributed by atoms with van der Waals surface area (Å²) in [4.78, 5) is 21.5. The van der Waals surface area contributed by atoms with Crippen LogP contribution < -0.4 is 14.4 Å². The van der Waals surface area contributed by atoms with Crippen LogP contribution in [-0.2, 0) is 4.79 Å². The number of carbonyl (C=O) groups excluding carboxylic acids is 1. The van der Waals surface area contributed by atoms with Gasteiger partial charge < -0.3 is 19.3 Å². The van der Waals surface area contributed by atoms with Crippen molar-refractivity contribution in [2.45, 2.75) is 26.1 Å². The number of hydrogen-bond donors (Lipinski definition) is 0. The standard InChI is InChI=1S/C18H21N3O3S/c1-12-11-25-18(19-12)21-9-7-20(8-10-21)17(22)16-13(2)23-14-5-3-4-6-15(14)24-16/h3-6,11,13,16H,7-10H2,1-2H3. The second kappa shape index (κ2) is 6.55. The fourth-order valence-corrected chi connectivity index (χ4v) is 4.03. The molecular formula is C18H21N3O3S. The lowest BCUT2D eigenvalue weighted by molar-refractivity contribution is -0.144. The SMILES string of the molecule is Cc1csc(N2CCN(C(=O)C3Oc4ccccc4OC3C)CC2)n1. The predicted octanol–water partition coefficient (Wildman–Crippen LogP) is 2.33. The van der Waals surface area contributed by atoms with Crippen LogP contribution in [0.1, 0.15) is 12.6 Å². The number of aromatic nitrogens is 1. The van der Waals surface area contributed by atoms with E-state index in [0.717, 1.165) is 23.9 Å². The van der Waals surface area contributed by atoms with Gasteiger partial charge in [-0.05, 0) is 26.0 Å². The van der Waals surface area contributed by atoms with Crippen LogP contribution in [-0.4, -0.2) is 54.2 Å². The number of carbonyl (C=O) groups is 1. The van der Waals surface area contributed by atoms with E-state index in [4.69, 9.17) is 9.47 Å². The van der Waals surface area contributed by atoms with Crippen LogP contribution >= 0.6 is 11.3 Å². The van der Waals surface area contributed by atoms with Gasteiger partial charge in [0.25, 0.3) is 5.91 Å². The topological polar surface area (TPSA) is 54.9 Å². The molecule has 1 fully saturated rings. The van der Waals surface area contributed by atoms with Crippen LogP contribution in [0.2, 0.25) is 0 Å². The molecule has 25 heavy (non-hydrogen) atoms. The third-order valence-electron chi connectivity index (χ3n) is 4.55. The first-order valence-corrected chi connectivity index (χ1v) is 9.38. The molecule has 3 heterocycles. The fraction of sp³-hybridized carbons (Fsp3) is 0.444. The number of para-hydroxylation sites is 2. The van der Waals surface area contributed by atoms with Gasteiger partial charge in [0, 0.05) is 31.6 Å². The zero-order valence-corrected chi connectivity index (χ0v) is 15.2. The number of piperazine rings is 1. The molecule has 2 unspecified atom stereocenters. The third-order valence-corrected chi connectivity index (χ3v) is 5.57. The van der Waals surface area contributed by atoms with Crippen molar-refractivity contribution in [1.82, 2.24) is 9.88 Å². The molecule has 2 atom stereocenters. The highest BCUT2D eigenvalue weighted by Crippen LogP contribution is 2.34. The van der Waals surface area contributed by atoms with Crippen molar-refractivity contribution in [2.24, 2.45) is 0 Å². The molecule has 132 valence electrons. The Morgan fingerprint density at radius 1 is 1.16 bits per heavy atom. The van der Waals surface area contributed by atoms with Gasteiger partial charge in [-0.1, -0.05) is 12.1 Å². The maximum absolute atomic E-state index is 12.9. The molecule has 1 aromatic carbocycles. The second-order valence-electron chi connectivity index (χ2n) is 6.39. The van der Waals surface area contributed by atoms with E-state index in [2.05, 4.69) is 15.3 Å². The zero-order chi connectivity index (χ0) is 17.4. The molecule has 1 amide bonds. The van der Waals surface area contributed by atoms with Crippen molar-refractivity contribution in [2.75, 3.05) is 31.1 Å². The number of fused-ring (bicyclic) bond motifs is 1. The summed E-state index contributed by atoms with van der Waals surface area (Å²) >= 11 is 1.65. The van der Waals surface area contributed by atoms with Gasteiger partial charge >= 0.3 is 0 Å². The lowest BCUT2D eigenvalue weighted by Crippen LogP contribution is -2.56. The van der Waals surface area contributed by atoms with Crippen molar-refractivity contribution < 1.29 is 14.3 Å². The van der Waals surface area contributed by atoms with E-state index in [1.54, 1.807) is 11.3 Å². The predicted molar refractivity (Wildman–Crippen MR) is 96.6 cm³/mol. The molecule has 7 heteroatoms. The average Bonchev–Trinajstić information content (AvgIpc) is 3.07. The fourth-order valence-electron chi connectivity index (χ4n) is 3.18. The number of anilines is 1. The first kappa shape index (κ1) is 16.2. The minimum Gasteiger partial charge on any atom is -0.482 e. The van der Waals surface area contributed by atoms with Gasteiger partial charge in [0.05, 0.1) is 5.69 Å². The highest BCUT2D eigenvalue weighted by atomic mass is 32.1. The molecule has 4 rings (SSSR count). The number of ether oxygens (including phenoxy) is 2. The molecule has 0 bridgehead atoms. The van der Waals surface area contributed by atoms with Crippen LogP contribution in [0.5, 0.6) is 11.5 Å². The Morgan fingerprint density at radius 2 is 1.84 bits per heavy atom. The number of aryl methyl sites for hydroxylation is 1. The quantitative estimate of drug-likeness (QED) is 0.824. The molecule has 6 nitrogen and oxygen atoms in total. The lowest BCUT2D eigenvalue weighted by Gasteiger charge is -2.38. The summed E-state index contributed by atoms with van der Waals surface area (Å²) in [5.41, 5.74) is 1.04. The number of hydrogen-bond acceptors (Lipinski definition) is 6. The molecule has 0 aliphatic carbocycles. The monoisotopic (exact) mass is 359 g/mol. The summed E-state index contributed by atoms with van der Waals surface area (Å²) in [6, 6.07) is 7.48. The van der Waals surface area contributed by atoms with E-state index in [0.29, 0.717) is 24.6 Å². The van der Waals surface area contributed by atoms with Gasteiger partial charge in [0.1, 0.15) is 6.10 Å². The molecule has 0 saturated carbocycles. The average molecular weight is 359 g/mol. The van der Waals surface area contributed by atoms with Crippen LogP contribution in [0, 0.1) is 6.92 Å². The van der Waals surface area contributed by atoms with E-state index in [1.165, 1.54) is 0 Å². The Hall–Kier alpha value is -2.28. The maximum atomic E-state index is 12.9. The first-order chi connectivity index (χ1) is 12.1. The first-order valence-electron chi connectivity index (χ1n) is 8.50. The Balaban J connectivity index is 1.41. The number of nitrogens with zero attached hydrogens (tertiary/aromatic N) is 3. The Bertz CT molecular complexity index is 770. The minimum absolute atomic E-state index is 0.00280. The summed E-state index contributed by atoms with van der Waals surface area (Å²) in [7, 11) is 0. The van der Waals surface area contributed by atoms with Crippen molar-refractivity contribution >= 4 is 22.4 Å². The highest BCUT2D eigenvalue weighted by Gasteiger charge is 2.37. The Morgan fingerprint density at radius 3 is 2.48 bits per heavy atom. The molecule has 2 aromatic rings. The number of benzene rings is 1. The molecule has 0 radical (unpaired) electrons. The van der Waals surface area contributed by atoms with E-state index in [1.807, 2.05) is 43.0 Å². The zero-order valence-electron chi connectivity index (χ0n) is 14.3. The lowest BCUT2D eigenvalue weighted by atomic mass is 10.1. The van der Waals surface area contributed by atoms with Gasteiger partial charge in [-0.3, -0.25) is 4.79 Å². The van der Waals surface area contributed by atoms with Crippen molar-refractivity contribution in [1.29, 1.82) is 0 Å². The number of thiazole rings is 1. The number of rotatable bonds is 2. The normalized spacial score (nSPS) is 22.8.